The number of aromatic nitrogens is 2. The second-order valence-corrected chi connectivity index (χ2v) is 7.93. The first kappa shape index (κ1) is 23.0. The summed E-state index contributed by atoms with van der Waals surface area (Å²) in [4.78, 5) is 15.4. The van der Waals surface area contributed by atoms with Crippen LogP contribution in [-0.2, 0) is 0 Å². The summed E-state index contributed by atoms with van der Waals surface area (Å²) in [5.41, 5.74) is 3.64. The second kappa shape index (κ2) is 10.6. The van der Waals surface area contributed by atoms with Crippen LogP contribution in [0.3, 0.4) is 0 Å². The van der Waals surface area contributed by atoms with Crippen LogP contribution in [-0.4, -0.2) is 70.7 Å². The molecule has 3 rings (SSSR count). The second-order valence-electron chi connectivity index (χ2n) is 7.53. The Morgan fingerprint density at radius 3 is 2.48 bits per heavy atom. The summed E-state index contributed by atoms with van der Waals surface area (Å²) in [5.74, 6) is 0. The van der Waals surface area contributed by atoms with Crippen molar-refractivity contribution < 1.29 is 5.11 Å². The van der Waals surface area contributed by atoms with E-state index in [1.54, 1.807) is 24.5 Å². The van der Waals surface area contributed by atoms with Crippen molar-refractivity contribution in [1.82, 2.24) is 19.8 Å². The highest BCUT2D eigenvalue weighted by Gasteiger charge is 2.22. The fourth-order valence-corrected chi connectivity index (χ4v) is 4.07. The monoisotopic (exact) mass is 440 g/mol. The highest BCUT2D eigenvalue weighted by atomic mass is 35.5. The minimum Gasteiger partial charge on any atom is -0.385 e. The molecule has 0 spiro atoms. The molecule has 1 atom stereocenters. The topological polar surface area (TPSA) is 79.5 Å². The van der Waals surface area contributed by atoms with Gasteiger partial charge in [-0.15, -0.1) is 0 Å². The van der Waals surface area contributed by atoms with E-state index in [0.29, 0.717) is 22.8 Å². The van der Waals surface area contributed by atoms with Crippen LogP contribution < -0.4 is 4.90 Å². The zero-order valence-corrected chi connectivity index (χ0v) is 18.9. The van der Waals surface area contributed by atoms with E-state index in [1.807, 2.05) is 6.07 Å². The van der Waals surface area contributed by atoms with Crippen molar-refractivity contribution in [3.8, 4) is 6.07 Å². The Kier molecular flexibility index (Phi) is 7.85. The van der Waals surface area contributed by atoms with Crippen molar-refractivity contribution in [2.24, 2.45) is 0 Å². The maximum absolute atomic E-state index is 10.6. The van der Waals surface area contributed by atoms with E-state index in [9.17, 15) is 5.11 Å². The standard InChI is InChI=1S/C23H29ClN6O/c1-4-29(5-2)17(3)20-14-27-21(15-26-20)23(31)16-28-8-10-30(11-9-28)22-7-6-18(13-25)12-19(22)24/h6-7,12,14-15,23,31H,3-5,8-11,16H2,1-2H3. The van der Waals surface area contributed by atoms with Crippen LogP contribution in [0.5, 0.6) is 0 Å². The summed E-state index contributed by atoms with van der Waals surface area (Å²) in [6, 6.07) is 7.49. The molecule has 1 aliphatic rings. The van der Waals surface area contributed by atoms with E-state index in [4.69, 9.17) is 16.9 Å². The van der Waals surface area contributed by atoms with E-state index in [1.165, 1.54) is 0 Å². The highest BCUT2D eigenvalue weighted by molar-refractivity contribution is 6.33. The predicted molar refractivity (Wildman–Crippen MR) is 124 cm³/mol. The smallest absolute Gasteiger partial charge is 0.110 e. The molecule has 1 N–H and O–H groups in total. The molecule has 0 amide bonds. The number of β-amino-alcohol motifs (C(OH)–C–C–N with tert-alkyl or cyclic N) is 1. The Morgan fingerprint density at radius 2 is 1.94 bits per heavy atom. The molecule has 0 saturated carbocycles. The van der Waals surface area contributed by atoms with Gasteiger partial charge in [0.05, 0.1) is 46.1 Å². The molecule has 1 fully saturated rings. The number of rotatable bonds is 8. The van der Waals surface area contributed by atoms with Gasteiger partial charge < -0.3 is 14.9 Å². The normalized spacial score (nSPS) is 15.4. The van der Waals surface area contributed by atoms with Crippen molar-refractivity contribution in [1.29, 1.82) is 5.26 Å². The Morgan fingerprint density at radius 1 is 1.23 bits per heavy atom. The van der Waals surface area contributed by atoms with Gasteiger partial charge in [-0.1, -0.05) is 18.2 Å². The first-order chi connectivity index (χ1) is 15.0. The minimum atomic E-state index is -0.701. The van der Waals surface area contributed by atoms with Crippen molar-refractivity contribution in [3.05, 3.63) is 59.1 Å². The SMILES string of the molecule is C=C(c1cnc(C(O)CN2CCN(c3ccc(C#N)cc3Cl)CC2)cn1)N(CC)CC. The maximum Gasteiger partial charge on any atom is 0.110 e. The van der Waals surface area contributed by atoms with Gasteiger partial charge in [0.1, 0.15) is 11.8 Å². The number of hydrogen-bond acceptors (Lipinski definition) is 7. The molecule has 0 aliphatic carbocycles. The summed E-state index contributed by atoms with van der Waals surface area (Å²) in [7, 11) is 0. The number of aliphatic hydroxyl groups is 1. The molecule has 0 bridgehead atoms. The van der Waals surface area contributed by atoms with Crippen LogP contribution in [0.1, 0.15) is 36.9 Å². The number of nitriles is 1. The number of hydrogen-bond donors (Lipinski definition) is 1. The Labute approximate surface area is 189 Å². The lowest BCUT2D eigenvalue weighted by atomic mass is 10.1. The maximum atomic E-state index is 10.6. The van der Waals surface area contributed by atoms with Gasteiger partial charge in [0.25, 0.3) is 0 Å². The molecule has 164 valence electrons. The molecule has 2 heterocycles. The van der Waals surface area contributed by atoms with E-state index in [0.717, 1.165) is 56.3 Å². The summed E-state index contributed by atoms with van der Waals surface area (Å²) in [6.45, 7) is 13.7. The molecular formula is C23H29ClN6O. The van der Waals surface area contributed by atoms with E-state index in [2.05, 4.69) is 51.2 Å². The molecule has 2 aromatic rings. The zero-order chi connectivity index (χ0) is 22.4. The quantitative estimate of drug-likeness (QED) is 0.675. The van der Waals surface area contributed by atoms with E-state index >= 15 is 0 Å². The highest BCUT2D eigenvalue weighted by Crippen LogP contribution is 2.28. The van der Waals surface area contributed by atoms with Crippen LogP contribution in [0.2, 0.25) is 5.02 Å². The molecule has 31 heavy (non-hydrogen) atoms. The zero-order valence-electron chi connectivity index (χ0n) is 18.1. The Bertz CT molecular complexity index is 930. The van der Waals surface area contributed by atoms with Gasteiger partial charge in [-0.2, -0.15) is 5.26 Å². The largest absolute Gasteiger partial charge is 0.385 e. The van der Waals surface area contributed by atoms with Crippen molar-refractivity contribution in [2.75, 3.05) is 50.7 Å². The van der Waals surface area contributed by atoms with Gasteiger partial charge >= 0.3 is 0 Å². The molecule has 0 radical (unpaired) electrons. The Balaban J connectivity index is 1.55. The molecule has 8 heteroatoms. The summed E-state index contributed by atoms with van der Waals surface area (Å²) >= 11 is 6.34. The van der Waals surface area contributed by atoms with Crippen molar-refractivity contribution in [3.63, 3.8) is 0 Å². The van der Waals surface area contributed by atoms with Gasteiger partial charge in [0.2, 0.25) is 0 Å². The minimum absolute atomic E-state index is 0.500. The predicted octanol–water partition coefficient (Wildman–Crippen LogP) is 3.17. The lowest BCUT2D eigenvalue weighted by molar-refractivity contribution is 0.106. The third kappa shape index (κ3) is 5.53. The average Bonchev–Trinajstić information content (AvgIpc) is 2.80. The molecule has 1 aromatic carbocycles. The lowest BCUT2D eigenvalue weighted by Crippen LogP contribution is -2.47. The first-order valence-corrected chi connectivity index (χ1v) is 11.0. The van der Waals surface area contributed by atoms with Crippen LogP contribution in [0.4, 0.5) is 5.69 Å². The van der Waals surface area contributed by atoms with Crippen LogP contribution in [0, 0.1) is 11.3 Å². The van der Waals surface area contributed by atoms with Gasteiger partial charge in [0, 0.05) is 45.8 Å². The molecule has 1 saturated heterocycles. The van der Waals surface area contributed by atoms with Crippen LogP contribution in [0.15, 0.2) is 37.2 Å². The van der Waals surface area contributed by atoms with Crippen molar-refractivity contribution >= 4 is 23.0 Å². The summed E-state index contributed by atoms with van der Waals surface area (Å²) < 4.78 is 0. The first-order valence-electron chi connectivity index (χ1n) is 10.6. The summed E-state index contributed by atoms with van der Waals surface area (Å²) in [5, 5.41) is 20.2. The number of piperazine rings is 1. The molecule has 7 nitrogen and oxygen atoms in total. The third-order valence-electron chi connectivity index (χ3n) is 5.67. The number of anilines is 1. The molecular weight excluding hydrogens is 412 g/mol. The number of aliphatic hydroxyl groups excluding tert-OH is 1. The van der Waals surface area contributed by atoms with Crippen molar-refractivity contribution in [2.45, 2.75) is 20.0 Å². The molecule has 1 aliphatic heterocycles. The van der Waals surface area contributed by atoms with Gasteiger partial charge in [-0.25, -0.2) is 0 Å². The van der Waals surface area contributed by atoms with Crippen LogP contribution >= 0.6 is 11.6 Å². The fraction of sp³-hybridized carbons (Fsp3) is 0.435. The van der Waals surface area contributed by atoms with E-state index < -0.39 is 6.10 Å². The lowest BCUT2D eigenvalue weighted by Gasteiger charge is -2.37. The number of halogens is 1. The number of nitrogens with zero attached hydrogens (tertiary/aromatic N) is 6. The average molecular weight is 441 g/mol. The Hall–Kier alpha value is -2.66. The van der Waals surface area contributed by atoms with Crippen LogP contribution in [0.25, 0.3) is 5.70 Å². The summed E-state index contributed by atoms with van der Waals surface area (Å²) in [6.07, 6.45) is 2.62. The van der Waals surface area contributed by atoms with E-state index in [-0.39, 0.29) is 0 Å². The third-order valence-corrected chi connectivity index (χ3v) is 5.98. The molecule has 1 unspecified atom stereocenters. The van der Waals surface area contributed by atoms with Gasteiger partial charge in [0.15, 0.2) is 0 Å². The number of benzene rings is 1. The van der Waals surface area contributed by atoms with Gasteiger partial charge in [-0.05, 0) is 32.0 Å². The van der Waals surface area contributed by atoms with Gasteiger partial charge in [-0.3, -0.25) is 14.9 Å². The molecule has 1 aromatic heterocycles. The fourth-order valence-electron chi connectivity index (χ4n) is 3.77.